The summed E-state index contributed by atoms with van der Waals surface area (Å²) in [7, 11) is 0. The lowest BCUT2D eigenvalue weighted by molar-refractivity contribution is -0.137. The van der Waals surface area contributed by atoms with Gasteiger partial charge in [-0.25, -0.2) is 0 Å². The summed E-state index contributed by atoms with van der Waals surface area (Å²) in [6.45, 7) is 6.86. The van der Waals surface area contributed by atoms with Crippen LogP contribution in [0.2, 0.25) is 0 Å². The van der Waals surface area contributed by atoms with Crippen LogP contribution in [0.5, 0.6) is 0 Å². The third-order valence-corrected chi connectivity index (χ3v) is 1.82. The second-order valence-corrected chi connectivity index (χ2v) is 3.88. The summed E-state index contributed by atoms with van der Waals surface area (Å²) in [5.41, 5.74) is 6.19. The topological polar surface area (TPSA) is 56.8 Å². The molecule has 0 saturated carbocycles. The van der Waals surface area contributed by atoms with Gasteiger partial charge in [0.15, 0.2) is 5.79 Å². The van der Waals surface area contributed by atoms with Crippen LogP contribution in [-0.2, 0) is 9.47 Å². The number of rotatable bonds is 3. The maximum Gasteiger partial charge on any atom is 0.163 e. The summed E-state index contributed by atoms with van der Waals surface area (Å²) in [6.07, 6.45) is 3.53. The highest BCUT2D eigenvalue weighted by atomic mass is 16.7. The zero-order valence-electron chi connectivity index (χ0n) is 8.99. The van der Waals surface area contributed by atoms with E-state index in [1.807, 2.05) is 20.8 Å². The van der Waals surface area contributed by atoms with Crippen LogP contribution in [0, 0.1) is 0 Å². The zero-order chi connectivity index (χ0) is 10.6. The number of allylic oxidation sites excluding steroid dienone is 2. The van der Waals surface area contributed by atoms with E-state index in [0.29, 0.717) is 13.2 Å². The minimum Gasteiger partial charge on any atom is -0.402 e. The third kappa shape index (κ3) is 3.89. The van der Waals surface area contributed by atoms with E-state index in [9.17, 15) is 0 Å². The Morgan fingerprint density at radius 1 is 1.64 bits per heavy atom. The molecule has 1 heterocycles. The SMILES string of the molecule is CC(N)=CC=NCC1COC(C)(C)O1. The average Bonchev–Trinajstić information content (AvgIpc) is 2.39. The molecule has 4 heteroatoms. The molecule has 1 atom stereocenters. The molecule has 0 aromatic rings. The van der Waals surface area contributed by atoms with Gasteiger partial charge in [-0.3, -0.25) is 4.99 Å². The lowest BCUT2D eigenvalue weighted by Crippen LogP contribution is -2.22. The summed E-state index contributed by atoms with van der Waals surface area (Å²) < 4.78 is 11.0. The Morgan fingerprint density at radius 2 is 2.36 bits per heavy atom. The van der Waals surface area contributed by atoms with E-state index in [1.54, 1.807) is 12.3 Å². The summed E-state index contributed by atoms with van der Waals surface area (Å²) >= 11 is 0. The van der Waals surface area contributed by atoms with E-state index >= 15 is 0 Å². The first-order valence-electron chi connectivity index (χ1n) is 4.73. The van der Waals surface area contributed by atoms with Crippen molar-refractivity contribution in [3.8, 4) is 0 Å². The van der Waals surface area contributed by atoms with Crippen molar-refractivity contribution in [3.05, 3.63) is 11.8 Å². The normalized spacial score (nSPS) is 27.4. The summed E-state index contributed by atoms with van der Waals surface area (Å²) in [4.78, 5) is 4.17. The van der Waals surface area contributed by atoms with Crippen LogP contribution >= 0.6 is 0 Å². The van der Waals surface area contributed by atoms with Gasteiger partial charge in [0, 0.05) is 11.9 Å². The lowest BCUT2D eigenvalue weighted by Gasteiger charge is -2.16. The Morgan fingerprint density at radius 3 is 2.86 bits per heavy atom. The first-order chi connectivity index (χ1) is 6.49. The molecule has 1 aliphatic rings. The maximum absolute atomic E-state index is 5.57. The fraction of sp³-hybridized carbons (Fsp3) is 0.700. The fourth-order valence-electron chi connectivity index (χ4n) is 1.20. The van der Waals surface area contributed by atoms with E-state index in [0.717, 1.165) is 5.70 Å². The molecule has 0 amide bonds. The molecule has 4 nitrogen and oxygen atoms in total. The monoisotopic (exact) mass is 198 g/mol. The highest BCUT2D eigenvalue weighted by molar-refractivity contribution is 5.71. The fourth-order valence-corrected chi connectivity index (χ4v) is 1.20. The number of aliphatic imine (C=N–C) groups is 1. The van der Waals surface area contributed by atoms with E-state index in [-0.39, 0.29) is 6.10 Å². The van der Waals surface area contributed by atoms with E-state index < -0.39 is 5.79 Å². The van der Waals surface area contributed by atoms with Crippen molar-refractivity contribution in [2.24, 2.45) is 10.7 Å². The van der Waals surface area contributed by atoms with Gasteiger partial charge in [-0.05, 0) is 26.8 Å². The minimum absolute atomic E-state index is 0.0627. The number of nitrogens with zero attached hydrogens (tertiary/aromatic N) is 1. The molecule has 0 spiro atoms. The molecule has 1 fully saturated rings. The van der Waals surface area contributed by atoms with Gasteiger partial charge >= 0.3 is 0 Å². The van der Waals surface area contributed by atoms with Crippen LogP contribution in [0.25, 0.3) is 0 Å². The number of nitrogens with two attached hydrogens (primary N) is 1. The lowest BCUT2D eigenvalue weighted by atomic mass is 10.4. The Hall–Kier alpha value is -0.870. The third-order valence-electron chi connectivity index (χ3n) is 1.82. The van der Waals surface area contributed by atoms with Crippen LogP contribution in [0.15, 0.2) is 16.8 Å². The molecule has 0 aromatic carbocycles. The number of ether oxygens (including phenoxy) is 2. The molecule has 0 aliphatic carbocycles. The van der Waals surface area contributed by atoms with Gasteiger partial charge in [-0.15, -0.1) is 0 Å². The molecule has 14 heavy (non-hydrogen) atoms. The Kier molecular flexibility index (Phi) is 3.66. The highest BCUT2D eigenvalue weighted by Crippen LogP contribution is 2.22. The molecule has 1 rings (SSSR count). The van der Waals surface area contributed by atoms with E-state index in [2.05, 4.69) is 4.99 Å². The van der Waals surface area contributed by atoms with Crippen molar-refractivity contribution in [2.75, 3.05) is 13.2 Å². The van der Waals surface area contributed by atoms with Gasteiger partial charge in [0.05, 0.1) is 13.2 Å². The Balaban J connectivity index is 2.27. The predicted octanol–water partition coefficient (Wildman–Crippen LogP) is 1.07. The molecular weight excluding hydrogens is 180 g/mol. The standard InChI is InChI=1S/C10H18N2O2/c1-8(11)4-5-12-6-9-7-13-10(2,3)14-9/h4-5,9H,6-7,11H2,1-3H3. The van der Waals surface area contributed by atoms with Crippen LogP contribution in [0.3, 0.4) is 0 Å². The first kappa shape index (κ1) is 11.2. The van der Waals surface area contributed by atoms with Crippen LogP contribution < -0.4 is 5.73 Å². The van der Waals surface area contributed by atoms with Gasteiger partial charge in [0.1, 0.15) is 6.10 Å². The number of hydrogen-bond acceptors (Lipinski definition) is 4. The summed E-state index contributed by atoms with van der Waals surface area (Å²) in [5.74, 6) is -0.459. The van der Waals surface area contributed by atoms with Gasteiger partial charge in [0.2, 0.25) is 0 Å². The van der Waals surface area contributed by atoms with Crippen LogP contribution in [-0.4, -0.2) is 31.3 Å². The molecular formula is C10H18N2O2. The zero-order valence-corrected chi connectivity index (χ0v) is 8.99. The van der Waals surface area contributed by atoms with Gasteiger partial charge in [0.25, 0.3) is 0 Å². The minimum atomic E-state index is -0.459. The smallest absolute Gasteiger partial charge is 0.163 e. The van der Waals surface area contributed by atoms with Crippen molar-refractivity contribution in [1.29, 1.82) is 0 Å². The van der Waals surface area contributed by atoms with Crippen molar-refractivity contribution in [2.45, 2.75) is 32.7 Å². The number of hydrogen-bond donors (Lipinski definition) is 1. The van der Waals surface area contributed by atoms with Crippen molar-refractivity contribution in [3.63, 3.8) is 0 Å². The van der Waals surface area contributed by atoms with E-state index in [1.165, 1.54) is 0 Å². The summed E-state index contributed by atoms with van der Waals surface area (Å²) in [6, 6.07) is 0. The molecule has 1 unspecified atom stereocenters. The van der Waals surface area contributed by atoms with Crippen LogP contribution in [0.4, 0.5) is 0 Å². The largest absolute Gasteiger partial charge is 0.402 e. The van der Waals surface area contributed by atoms with Crippen molar-refractivity contribution in [1.82, 2.24) is 0 Å². The van der Waals surface area contributed by atoms with E-state index in [4.69, 9.17) is 15.2 Å². The maximum atomic E-state index is 5.57. The molecule has 0 bridgehead atoms. The highest BCUT2D eigenvalue weighted by Gasteiger charge is 2.31. The quantitative estimate of drug-likeness (QED) is 0.690. The molecule has 0 radical (unpaired) electrons. The molecule has 0 aromatic heterocycles. The van der Waals surface area contributed by atoms with Gasteiger partial charge in [-0.1, -0.05) is 0 Å². The molecule has 1 aliphatic heterocycles. The van der Waals surface area contributed by atoms with Crippen LogP contribution in [0.1, 0.15) is 20.8 Å². The van der Waals surface area contributed by atoms with Crippen molar-refractivity contribution >= 4 is 6.21 Å². The van der Waals surface area contributed by atoms with Crippen molar-refractivity contribution < 1.29 is 9.47 Å². The first-order valence-corrected chi connectivity index (χ1v) is 4.73. The molecule has 80 valence electrons. The van der Waals surface area contributed by atoms with Gasteiger partial charge in [-0.2, -0.15) is 0 Å². The Bertz CT molecular complexity index is 243. The summed E-state index contributed by atoms with van der Waals surface area (Å²) in [5, 5.41) is 0. The second kappa shape index (κ2) is 4.57. The predicted molar refractivity (Wildman–Crippen MR) is 56.2 cm³/mol. The second-order valence-electron chi connectivity index (χ2n) is 3.88. The molecule has 2 N–H and O–H groups in total. The van der Waals surface area contributed by atoms with Gasteiger partial charge < -0.3 is 15.2 Å². The molecule has 1 saturated heterocycles. The average molecular weight is 198 g/mol. The Labute approximate surface area is 84.8 Å².